The van der Waals surface area contributed by atoms with E-state index in [4.69, 9.17) is 45.3 Å². The van der Waals surface area contributed by atoms with E-state index in [0.29, 0.717) is 26.7 Å². The molecule has 0 spiro atoms. The molecule has 1 unspecified atom stereocenters. The Balaban J connectivity index is 2.17. The largest absolute Gasteiger partial charge is 0.484 e. The normalized spacial score (nSPS) is 12.4. The Morgan fingerprint density at radius 3 is 2.44 bits per heavy atom. The lowest BCUT2D eigenvalue weighted by Gasteiger charge is -2.16. The number of halogens is 3. The van der Waals surface area contributed by atoms with Crippen molar-refractivity contribution in [3.05, 3.63) is 49.6 Å². The van der Waals surface area contributed by atoms with E-state index in [1.165, 1.54) is 11.3 Å². The summed E-state index contributed by atoms with van der Waals surface area (Å²) in [5, 5.41) is 0.946. The molecule has 1 aromatic heterocycles. The summed E-state index contributed by atoms with van der Waals surface area (Å²) in [5.74, 6) is 0.629. The minimum absolute atomic E-state index is 0.236. The van der Waals surface area contributed by atoms with Crippen LogP contribution in [0, 0.1) is 0 Å². The smallest absolute Gasteiger partial charge is 0.145 e. The fourth-order valence-corrected chi connectivity index (χ4v) is 2.83. The molecule has 0 fully saturated rings. The Labute approximate surface area is 124 Å². The third kappa shape index (κ3) is 3.31. The maximum Gasteiger partial charge on any atom is 0.145 e. The van der Waals surface area contributed by atoms with Crippen LogP contribution in [0.3, 0.4) is 0 Å². The first-order chi connectivity index (χ1) is 8.60. The van der Waals surface area contributed by atoms with Crippen LogP contribution < -0.4 is 10.5 Å². The minimum Gasteiger partial charge on any atom is -0.484 e. The second-order valence-electron chi connectivity index (χ2n) is 3.56. The van der Waals surface area contributed by atoms with E-state index >= 15 is 0 Å². The molecule has 18 heavy (non-hydrogen) atoms. The third-order valence-electron chi connectivity index (χ3n) is 2.29. The first-order valence-electron chi connectivity index (χ1n) is 5.17. The summed E-state index contributed by atoms with van der Waals surface area (Å²) in [6.07, 6.45) is -0.236. The van der Waals surface area contributed by atoms with E-state index in [9.17, 15) is 0 Å². The SMILES string of the molecule is NCC(Oc1ccc(Cl)c(Cl)c1)c1ccc(Cl)s1. The first-order valence-corrected chi connectivity index (χ1v) is 7.12. The number of hydrogen-bond acceptors (Lipinski definition) is 3. The van der Waals surface area contributed by atoms with Gasteiger partial charge in [0.25, 0.3) is 0 Å². The van der Waals surface area contributed by atoms with Crippen molar-refractivity contribution in [3.63, 3.8) is 0 Å². The molecule has 1 atom stereocenters. The van der Waals surface area contributed by atoms with E-state index < -0.39 is 0 Å². The molecule has 6 heteroatoms. The van der Waals surface area contributed by atoms with Gasteiger partial charge < -0.3 is 10.5 Å². The van der Waals surface area contributed by atoms with Crippen LogP contribution in [0.5, 0.6) is 5.75 Å². The van der Waals surface area contributed by atoms with Crippen LogP contribution in [0.25, 0.3) is 0 Å². The zero-order chi connectivity index (χ0) is 13.1. The van der Waals surface area contributed by atoms with Crippen LogP contribution in [0.1, 0.15) is 11.0 Å². The Kier molecular flexibility index (Phi) is 4.76. The van der Waals surface area contributed by atoms with Crippen molar-refractivity contribution in [3.8, 4) is 5.75 Å². The summed E-state index contributed by atoms with van der Waals surface area (Å²) in [4.78, 5) is 0.980. The molecule has 0 bridgehead atoms. The van der Waals surface area contributed by atoms with Crippen molar-refractivity contribution >= 4 is 46.1 Å². The molecule has 0 aliphatic carbocycles. The Bertz CT molecular complexity index is 544. The number of ether oxygens (including phenoxy) is 1. The van der Waals surface area contributed by atoms with Gasteiger partial charge in [-0.15, -0.1) is 11.3 Å². The molecule has 2 rings (SSSR count). The Hall–Kier alpha value is -0.450. The summed E-state index contributed by atoms with van der Waals surface area (Å²) in [7, 11) is 0. The third-order valence-corrected chi connectivity index (χ3v) is 4.36. The lowest BCUT2D eigenvalue weighted by atomic mass is 10.3. The van der Waals surface area contributed by atoms with Gasteiger partial charge in [0.1, 0.15) is 11.9 Å². The number of hydrogen-bond donors (Lipinski definition) is 1. The van der Waals surface area contributed by atoms with Crippen molar-refractivity contribution in [2.45, 2.75) is 6.10 Å². The minimum atomic E-state index is -0.236. The van der Waals surface area contributed by atoms with E-state index in [0.717, 1.165) is 4.88 Å². The maximum absolute atomic E-state index is 5.93. The number of nitrogens with two attached hydrogens (primary N) is 1. The molecule has 2 aromatic rings. The van der Waals surface area contributed by atoms with Crippen molar-refractivity contribution in [2.24, 2.45) is 5.73 Å². The summed E-state index contributed by atoms with van der Waals surface area (Å²) < 4.78 is 6.49. The molecule has 2 N–H and O–H groups in total. The average molecular weight is 323 g/mol. The summed E-state index contributed by atoms with van der Waals surface area (Å²) in [5.41, 5.74) is 5.71. The molecule has 0 aliphatic rings. The van der Waals surface area contributed by atoms with Crippen LogP contribution in [-0.4, -0.2) is 6.54 Å². The molecule has 0 amide bonds. The van der Waals surface area contributed by atoms with Crippen molar-refractivity contribution in [1.82, 2.24) is 0 Å². The lowest BCUT2D eigenvalue weighted by molar-refractivity contribution is 0.218. The van der Waals surface area contributed by atoms with Gasteiger partial charge in [-0.3, -0.25) is 0 Å². The van der Waals surface area contributed by atoms with Crippen molar-refractivity contribution < 1.29 is 4.74 Å². The van der Waals surface area contributed by atoms with Gasteiger partial charge in [-0.1, -0.05) is 34.8 Å². The standard InChI is InChI=1S/C12H10Cl3NOS/c13-8-2-1-7(5-9(8)14)17-10(6-16)11-3-4-12(15)18-11/h1-5,10H,6,16H2. The summed E-state index contributed by atoms with van der Waals surface area (Å²) in [6, 6.07) is 8.84. The number of thiophene rings is 1. The van der Waals surface area contributed by atoms with Gasteiger partial charge in [0.2, 0.25) is 0 Å². The molecule has 1 heterocycles. The van der Waals surface area contributed by atoms with Crippen LogP contribution in [0.2, 0.25) is 14.4 Å². The van der Waals surface area contributed by atoms with E-state index in [-0.39, 0.29) is 6.10 Å². The van der Waals surface area contributed by atoms with E-state index in [2.05, 4.69) is 0 Å². The molecule has 0 saturated carbocycles. The van der Waals surface area contributed by atoms with Gasteiger partial charge in [0.15, 0.2) is 0 Å². The quantitative estimate of drug-likeness (QED) is 0.878. The topological polar surface area (TPSA) is 35.2 Å². The average Bonchev–Trinajstić information content (AvgIpc) is 2.77. The molecule has 96 valence electrons. The maximum atomic E-state index is 5.93. The molecule has 0 saturated heterocycles. The van der Waals surface area contributed by atoms with Gasteiger partial charge in [0.05, 0.1) is 14.4 Å². The highest BCUT2D eigenvalue weighted by molar-refractivity contribution is 7.16. The van der Waals surface area contributed by atoms with Gasteiger partial charge in [-0.05, 0) is 24.3 Å². The Morgan fingerprint density at radius 2 is 1.89 bits per heavy atom. The highest BCUT2D eigenvalue weighted by Crippen LogP contribution is 2.32. The zero-order valence-electron chi connectivity index (χ0n) is 9.20. The highest BCUT2D eigenvalue weighted by atomic mass is 35.5. The predicted octanol–water partition coefficient (Wildman–Crippen LogP) is 4.79. The number of rotatable bonds is 4. The van der Waals surface area contributed by atoms with Crippen LogP contribution >= 0.6 is 46.1 Å². The second kappa shape index (κ2) is 6.13. The first kappa shape index (κ1) is 14.0. The molecule has 0 radical (unpaired) electrons. The van der Waals surface area contributed by atoms with E-state index in [1.807, 2.05) is 12.1 Å². The molecule has 2 nitrogen and oxygen atoms in total. The van der Waals surface area contributed by atoms with E-state index in [1.54, 1.807) is 18.2 Å². The van der Waals surface area contributed by atoms with Crippen molar-refractivity contribution in [1.29, 1.82) is 0 Å². The van der Waals surface area contributed by atoms with Gasteiger partial charge in [-0.2, -0.15) is 0 Å². The molecule has 1 aromatic carbocycles. The van der Waals surface area contributed by atoms with Gasteiger partial charge in [0, 0.05) is 17.5 Å². The monoisotopic (exact) mass is 321 g/mol. The van der Waals surface area contributed by atoms with Crippen LogP contribution in [0.4, 0.5) is 0 Å². The van der Waals surface area contributed by atoms with Gasteiger partial charge in [-0.25, -0.2) is 0 Å². The molecular weight excluding hydrogens is 313 g/mol. The fraction of sp³-hybridized carbons (Fsp3) is 0.167. The fourth-order valence-electron chi connectivity index (χ4n) is 1.44. The predicted molar refractivity (Wildman–Crippen MR) is 78.2 cm³/mol. The number of benzene rings is 1. The molecule has 0 aliphatic heterocycles. The summed E-state index contributed by atoms with van der Waals surface area (Å²) in [6.45, 7) is 0.358. The molecular formula is C12H10Cl3NOS. The van der Waals surface area contributed by atoms with Gasteiger partial charge >= 0.3 is 0 Å². The highest BCUT2D eigenvalue weighted by Gasteiger charge is 2.14. The van der Waals surface area contributed by atoms with Crippen molar-refractivity contribution in [2.75, 3.05) is 6.54 Å². The van der Waals surface area contributed by atoms with Crippen LogP contribution in [-0.2, 0) is 0 Å². The zero-order valence-corrected chi connectivity index (χ0v) is 12.3. The Morgan fingerprint density at radius 1 is 1.11 bits per heavy atom. The van der Waals surface area contributed by atoms with Crippen LogP contribution in [0.15, 0.2) is 30.3 Å². The lowest BCUT2D eigenvalue weighted by Crippen LogP contribution is -2.17. The summed E-state index contributed by atoms with van der Waals surface area (Å²) >= 11 is 19.1. The second-order valence-corrected chi connectivity index (χ2v) is 6.12.